The average molecular weight is 457 g/mol. The third-order valence-corrected chi connectivity index (χ3v) is 6.74. The van der Waals surface area contributed by atoms with Crippen molar-refractivity contribution in [2.24, 2.45) is 7.05 Å². The van der Waals surface area contributed by atoms with Gasteiger partial charge >= 0.3 is 0 Å². The van der Waals surface area contributed by atoms with E-state index in [-0.39, 0.29) is 6.10 Å². The van der Waals surface area contributed by atoms with Crippen molar-refractivity contribution in [2.75, 3.05) is 0 Å². The van der Waals surface area contributed by atoms with Crippen molar-refractivity contribution in [3.05, 3.63) is 76.0 Å². The van der Waals surface area contributed by atoms with Crippen LogP contribution in [0.1, 0.15) is 30.1 Å². The molecule has 4 aromatic rings. The highest BCUT2D eigenvalue weighted by Gasteiger charge is 2.18. The summed E-state index contributed by atoms with van der Waals surface area (Å²) < 4.78 is 7.94. The van der Waals surface area contributed by atoms with Gasteiger partial charge < -0.3 is 9.30 Å². The van der Waals surface area contributed by atoms with Crippen LogP contribution in [0.5, 0.6) is 5.75 Å². The minimum atomic E-state index is -0.248. The van der Waals surface area contributed by atoms with Crippen LogP contribution in [0.15, 0.2) is 59.1 Å². The van der Waals surface area contributed by atoms with E-state index in [2.05, 4.69) is 46.8 Å². The lowest BCUT2D eigenvalue weighted by Crippen LogP contribution is -2.10. The van der Waals surface area contributed by atoms with E-state index in [4.69, 9.17) is 21.3 Å². The number of thioether (sulfide) groups is 1. The second kappa shape index (κ2) is 9.20. The lowest BCUT2D eigenvalue weighted by Gasteiger charge is -2.14. The minimum absolute atomic E-state index is 0.248. The van der Waals surface area contributed by atoms with Gasteiger partial charge in [-0.25, -0.2) is 4.98 Å². The topological polar surface area (TPSA) is 52.8 Å². The highest BCUT2D eigenvalue weighted by atomic mass is 35.5. The normalized spacial score (nSPS) is 12.1. The summed E-state index contributed by atoms with van der Waals surface area (Å²) in [4.78, 5) is 4.78. The van der Waals surface area contributed by atoms with E-state index in [1.165, 1.54) is 5.56 Å². The molecular formula is C22H21ClN4OS2. The molecule has 0 aliphatic carbocycles. The molecule has 0 fully saturated rings. The lowest BCUT2D eigenvalue weighted by molar-refractivity contribution is 0.211. The van der Waals surface area contributed by atoms with Crippen molar-refractivity contribution >= 4 is 34.7 Å². The van der Waals surface area contributed by atoms with Gasteiger partial charge in [0.15, 0.2) is 17.1 Å². The highest BCUT2D eigenvalue weighted by Crippen LogP contribution is 2.29. The van der Waals surface area contributed by atoms with Crippen LogP contribution in [0, 0.1) is 6.92 Å². The molecule has 4 rings (SSSR count). The highest BCUT2D eigenvalue weighted by molar-refractivity contribution is 7.98. The maximum Gasteiger partial charge on any atom is 0.191 e. The molecule has 0 N–H and O–H groups in total. The number of benzene rings is 2. The maximum atomic E-state index is 6.04. The minimum Gasteiger partial charge on any atom is -0.483 e. The molecular weight excluding hydrogens is 436 g/mol. The van der Waals surface area contributed by atoms with Crippen molar-refractivity contribution in [2.45, 2.75) is 30.9 Å². The van der Waals surface area contributed by atoms with Gasteiger partial charge in [-0.1, -0.05) is 53.2 Å². The zero-order valence-electron chi connectivity index (χ0n) is 16.9. The van der Waals surface area contributed by atoms with Crippen LogP contribution in [0.3, 0.4) is 0 Å². The Morgan fingerprint density at radius 3 is 2.80 bits per heavy atom. The number of aromatic nitrogens is 4. The standard InChI is InChI=1S/C22H21ClN4OS2/c1-14-6-4-7-16(10-14)21-24-18(12-29-21)13-30-22-26-25-20(27(22)3)15(2)28-19-9-5-8-17(23)11-19/h4-12,15H,13H2,1-3H3. The summed E-state index contributed by atoms with van der Waals surface area (Å²) in [6.45, 7) is 4.05. The summed E-state index contributed by atoms with van der Waals surface area (Å²) in [5.41, 5.74) is 3.43. The summed E-state index contributed by atoms with van der Waals surface area (Å²) in [6, 6.07) is 15.8. The first-order valence-electron chi connectivity index (χ1n) is 9.45. The summed E-state index contributed by atoms with van der Waals surface area (Å²) in [5.74, 6) is 2.20. The summed E-state index contributed by atoms with van der Waals surface area (Å²) in [7, 11) is 1.95. The molecule has 0 saturated heterocycles. The quantitative estimate of drug-likeness (QED) is 0.304. The van der Waals surface area contributed by atoms with Crippen LogP contribution in [-0.2, 0) is 12.8 Å². The molecule has 0 amide bonds. The molecule has 0 saturated carbocycles. The number of hydrogen-bond donors (Lipinski definition) is 0. The van der Waals surface area contributed by atoms with Crippen molar-refractivity contribution in [1.29, 1.82) is 0 Å². The Hall–Kier alpha value is -2.35. The number of aryl methyl sites for hydroxylation is 1. The molecule has 2 aromatic heterocycles. The van der Waals surface area contributed by atoms with Crippen LogP contribution in [-0.4, -0.2) is 19.7 Å². The first kappa shape index (κ1) is 20.9. The molecule has 2 heterocycles. The van der Waals surface area contributed by atoms with Gasteiger partial charge in [0, 0.05) is 28.8 Å². The molecule has 154 valence electrons. The first-order chi connectivity index (χ1) is 14.5. The smallest absolute Gasteiger partial charge is 0.191 e. The largest absolute Gasteiger partial charge is 0.483 e. The Bertz CT molecular complexity index is 1160. The molecule has 2 aromatic carbocycles. The molecule has 1 atom stereocenters. The fraction of sp³-hybridized carbons (Fsp3) is 0.227. The second-order valence-electron chi connectivity index (χ2n) is 6.92. The molecule has 8 heteroatoms. The van der Waals surface area contributed by atoms with Gasteiger partial charge in [-0.15, -0.1) is 21.5 Å². The van der Waals surface area contributed by atoms with E-state index in [9.17, 15) is 0 Å². The third-order valence-electron chi connectivity index (χ3n) is 4.51. The number of hydrogen-bond acceptors (Lipinski definition) is 6. The first-order valence-corrected chi connectivity index (χ1v) is 11.7. The number of thiazole rings is 1. The van der Waals surface area contributed by atoms with Gasteiger partial charge in [0.05, 0.1) is 5.69 Å². The summed E-state index contributed by atoms with van der Waals surface area (Å²) in [6.07, 6.45) is -0.248. The van der Waals surface area contributed by atoms with Crippen molar-refractivity contribution < 1.29 is 4.74 Å². The summed E-state index contributed by atoms with van der Waals surface area (Å²) in [5, 5.41) is 13.3. The number of nitrogens with zero attached hydrogens (tertiary/aromatic N) is 4. The Morgan fingerprint density at radius 1 is 1.17 bits per heavy atom. The Morgan fingerprint density at radius 2 is 2.00 bits per heavy atom. The van der Waals surface area contributed by atoms with Crippen LogP contribution in [0.25, 0.3) is 10.6 Å². The average Bonchev–Trinajstić information content (AvgIpc) is 3.33. The van der Waals surface area contributed by atoms with Gasteiger partial charge in [0.25, 0.3) is 0 Å². The second-order valence-corrected chi connectivity index (χ2v) is 9.16. The van der Waals surface area contributed by atoms with Crippen LogP contribution in [0.4, 0.5) is 0 Å². The zero-order chi connectivity index (χ0) is 21.1. The fourth-order valence-corrected chi connectivity index (χ4v) is 4.94. The lowest BCUT2D eigenvalue weighted by atomic mass is 10.1. The van der Waals surface area contributed by atoms with Crippen molar-refractivity contribution in [1.82, 2.24) is 19.7 Å². The fourth-order valence-electron chi connectivity index (χ4n) is 3.03. The Balaban J connectivity index is 1.41. The molecule has 0 spiro atoms. The van der Waals surface area contributed by atoms with Gasteiger partial charge in [-0.3, -0.25) is 0 Å². The zero-order valence-corrected chi connectivity index (χ0v) is 19.3. The van der Waals surface area contributed by atoms with E-state index < -0.39 is 0 Å². The van der Waals surface area contributed by atoms with E-state index in [1.54, 1.807) is 29.2 Å². The van der Waals surface area contributed by atoms with Crippen molar-refractivity contribution in [3.63, 3.8) is 0 Å². The molecule has 0 bridgehead atoms. The Labute approximate surface area is 189 Å². The molecule has 30 heavy (non-hydrogen) atoms. The SMILES string of the molecule is Cc1cccc(-c2nc(CSc3nnc(C(C)Oc4cccc(Cl)c4)n3C)cs2)c1. The summed E-state index contributed by atoms with van der Waals surface area (Å²) >= 11 is 9.32. The monoisotopic (exact) mass is 456 g/mol. The van der Waals surface area contributed by atoms with Crippen molar-refractivity contribution in [3.8, 4) is 16.3 Å². The predicted octanol–water partition coefficient (Wildman–Crippen LogP) is 6.33. The molecule has 5 nitrogen and oxygen atoms in total. The van der Waals surface area contributed by atoms with Crippen LogP contribution >= 0.6 is 34.7 Å². The van der Waals surface area contributed by atoms with Gasteiger partial charge in [-0.2, -0.15) is 0 Å². The number of rotatable bonds is 7. The third kappa shape index (κ3) is 4.86. The van der Waals surface area contributed by atoms with E-state index in [1.807, 2.05) is 36.7 Å². The molecule has 0 radical (unpaired) electrons. The van der Waals surface area contributed by atoms with Gasteiger partial charge in [0.1, 0.15) is 10.8 Å². The number of halogens is 1. The van der Waals surface area contributed by atoms with E-state index >= 15 is 0 Å². The van der Waals surface area contributed by atoms with Gasteiger partial charge in [-0.05, 0) is 38.1 Å². The molecule has 1 unspecified atom stereocenters. The van der Waals surface area contributed by atoms with Gasteiger partial charge in [0.2, 0.25) is 0 Å². The predicted molar refractivity (Wildman–Crippen MR) is 123 cm³/mol. The van der Waals surface area contributed by atoms with E-state index in [0.717, 1.165) is 33.0 Å². The molecule has 0 aliphatic rings. The van der Waals surface area contributed by atoms with Crippen LogP contribution < -0.4 is 4.74 Å². The van der Waals surface area contributed by atoms with Crippen LogP contribution in [0.2, 0.25) is 5.02 Å². The maximum absolute atomic E-state index is 6.04. The number of ether oxygens (including phenoxy) is 1. The van der Waals surface area contributed by atoms with E-state index in [0.29, 0.717) is 10.8 Å². The molecule has 0 aliphatic heterocycles. The Kier molecular flexibility index (Phi) is 6.41.